The van der Waals surface area contributed by atoms with Crippen LogP contribution in [-0.2, 0) is 10.5 Å². The molecule has 1 amide bonds. The van der Waals surface area contributed by atoms with Gasteiger partial charge in [0.1, 0.15) is 5.75 Å². The van der Waals surface area contributed by atoms with Crippen molar-refractivity contribution < 1.29 is 9.53 Å². The van der Waals surface area contributed by atoms with Crippen LogP contribution in [0.4, 0.5) is 0 Å². The lowest BCUT2D eigenvalue weighted by molar-refractivity contribution is -0.122. The molecule has 134 valence electrons. The van der Waals surface area contributed by atoms with Gasteiger partial charge < -0.3 is 10.1 Å². The topological polar surface area (TPSA) is 38.3 Å². The van der Waals surface area contributed by atoms with Gasteiger partial charge in [0.25, 0.3) is 5.91 Å². The third-order valence-corrected chi connectivity index (χ3v) is 4.91. The molecule has 0 unspecified atom stereocenters. The highest BCUT2D eigenvalue weighted by Crippen LogP contribution is 2.18. The predicted octanol–water partition coefficient (Wildman–Crippen LogP) is 4.89. The van der Waals surface area contributed by atoms with Crippen LogP contribution in [0.5, 0.6) is 5.75 Å². The van der Waals surface area contributed by atoms with E-state index < -0.39 is 0 Å². The van der Waals surface area contributed by atoms with Crippen LogP contribution >= 0.6 is 23.4 Å². The van der Waals surface area contributed by atoms with E-state index in [0.29, 0.717) is 12.5 Å². The molecule has 3 nitrogen and oxygen atoms in total. The summed E-state index contributed by atoms with van der Waals surface area (Å²) in [5.74, 6) is 2.84. The summed E-state index contributed by atoms with van der Waals surface area (Å²) in [6.07, 6.45) is 0. The van der Waals surface area contributed by atoms with Gasteiger partial charge in [0.2, 0.25) is 0 Å². The van der Waals surface area contributed by atoms with Crippen LogP contribution < -0.4 is 10.1 Å². The van der Waals surface area contributed by atoms with Gasteiger partial charge in [0.05, 0.1) is 0 Å². The number of halogens is 1. The Morgan fingerprint density at radius 1 is 1.20 bits per heavy atom. The van der Waals surface area contributed by atoms with Gasteiger partial charge >= 0.3 is 0 Å². The Kier molecular flexibility index (Phi) is 8.16. The van der Waals surface area contributed by atoms with Gasteiger partial charge in [-0.1, -0.05) is 49.7 Å². The highest BCUT2D eigenvalue weighted by atomic mass is 35.5. The van der Waals surface area contributed by atoms with Gasteiger partial charge in [0.15, 0.2) is 6.61 Å². The molecule has 0 aliphatic carbocycles. The minimum absolute atomic E-state index is 0.0417. The summed E-state index contributed by atoms with van der Waals surface area (Å²) in [6, 6.07) is 15.7. The number of nitrogens with one attached hydrogen (secondary N) is 1. The van der Waals surface area contributed by atoms with Crippen molar-refractivity contribution in [2.75, 3.05) is 18.9 Å². The Morgan fingerprint density at radius 3 is 2.64 bits per heavy atom. The molecular formula is C20H24ClNO2S. The zero-order valence-electron chi connectivity index (χ0n) is 14.6. The van der Waals surface area contributed by atoms with Crippen LogP contribution in [-0.4, -0.2) is 24.8 Å². The molecule has 0 aliphatic heterocycles. The molecule has 0 saturated carbocycles. The first-order valence-corrected chi connectivity index (χ1v) is 9.89. The molecule has 25 heavy (non-hydrogen) atoms. The summed E-state index contributed by atoms with van der Waals surface area (Å²) >= 11 is 7.72. The smallest absolute Gasteiger partial charge is 0.257 e. The summed E-state index contributed by atoms with van der Waals surface area (Å²) in [5.41, 5.74) is 2.45. The largest absolute Gasteiger partial charge is 0.484 e. The molecule has 0 radical (unpaired) electrons. The van der Waals surface area contributed by atoms with Gasteiger partial charge in [-0.3, -0.25) is 4.79 Å². The summed E-state index contributed by atoms with van der Waals surface area (Å²) < 4.78 is 5.51. The fourth-order valence-electron chi connectivity index (χ4n) is 2.23. The van der Waals surface area contributed by atoms with E-state index >= 15 is 0 Å². The van der Waals surface area contributed by atoms with Crippen molar-refractivity contribution >= 4 is 29.3 Å². The van der Waals surface area contributed by atoms with E-state index in [2.05, 4.69) is 25.2 Å². The van der Waals surface area contributed by atoms with Crippen LogP contribution in [0.25, 0.3) is 0 Å². The number of hydrogen-bond donors (Lipinski definition) is 1. The average Bonchev–Trinajstić information content (AvgIpc) is 2.60. The highest BCUT2D eigenvalue weighted by molar-refractivity contribution is 7.98. The predicted molar refractivity (Wildman–Crippen MR) is 107 cm³/mol. The van der Waals surface area contributed by atoms with Gasteiger partial charge in [-0.15, -0.1) is 0 Å². The van der Waals surface area contributed by atoms with Crippen molar-refractivity contribution in [3.63, 3.8) is 0 Å². The maximum Gasteiger partial charge on any atom is 0.257 e. The third kappa shape index (κ3) is 7.41. The van der Waals surface area contributed by atoms with Gasteiger partial charge in [-0.05, 0) is 41.3 Å². The number of rotatable bonds is 9. The van der Waals surface area contributed by atoms with Crippen LogP contribution in [0.2, 0.25) is 5.02 Å². The number of hydrogen-bond acceptors (Lipinski definition) is 3. The number of carbonyl (C=O) groups is 1. The number of amides is 1. The maximum atomic E-state index is 11.8. The summed E-state index contributed by atoms with van der Waals surface area (Å²) in [5, 5.41) is 3.62. The first-order chi connectivity index (χ1) is 12.0. The van der Waals surface area contributed by atoms with Crippen LogP contribution in [0.1, 0.15) is 30.9 Å². The lowest BCUT2D eigenvalue weighted by atomic mass is 10.0. The molecule has 0 aromatic heterocycles. The molecule has 0 bridgehead atoms. The molecule has 0 fully saturated rings. The van der Waals surface area contributed by atoms with E-state index in [0.717, 1.165) is 22.3 Å². The molecule has 0 heterocycles. The van der Waals surface area contributed by atoms with E-state index in [4.69, 9.17) is 16.3 Å². The molecule has 0 saturated heterocycles. The fourth-order valence-corrected chi connectivity index (χ4v) is 3.25. The number of thioether (sulfide) groups is 1. The molecular weight excluding hydrogens is 354 g/mol. The number of ether oxygens (including phenoxy) is 1. The first kappa shape index (κ1) is 19.7. The van der Waals surface area contributed by atoms with Crippen molar-refractivity contribution in [2.45, 2.75) is 25.5 Å². The lowest BCUT2D eigenvalue weighted by Crippen LogP contribution is -2.30. The van der Waals surface area contributed by atoms with Gasteiger partial charge in [0, 0.05) is 23.1 Å². The average molecular weight is 378 g/mol. The van der Waals surface area contributed by atoms with Crippen molar-refractivity contribution in [1.82, 2.24) is 5.32 Å². The molecule has 0 atom stereocenters. The highest BCUT2D eigenvalue weighted by Gasteiger charge is 2.04. The standard InChI is InChI=1S/C20H24ClNO2S/c1-15(2)17-6-8-19(9-7-17)24-13-20(23)22-10-11-25-14-16-4-3-5-18(21)12-16/h3-9,12,15H,10-11,13-14H2,1-2H3,(H,22,23). The first-order valence-electron chi connectivity index (χ1n) is 8.36. The number of carbonyl (C=O) groups excluding carboxylic acids is 1. The Balaban J connectivity index is 1.59. The summed E-state index contributed by atoms with van der Waals surface area (Å²) in [4.78, 5) is 11.8. The fraction of sp³-hybridized carbons (Fsp3) is 0.350. The Morgan fingerprint density at radius 2 is 1.96 bits per heavy atom. The van der Waals surface area contributed by atoms with Crippen LogP contribution in [0, 0.1) is 0 Å². The van der Waals surface area contributed by atoms with Crippen LogP contribution in [0.15, 0.2) is 48.5 Å². The molecule has 0 spiro atoms. The van der Waals surface area contributed by atoms with E-state index in [1.54, 1.807) is 11.8 Å². The monoisotopic (exact) mass is 377 g/mol. The lowest BCUT2D eigenvalue weighted by Gasteiger charge is -2.09. The maximum absolute atomic E-state index is 11.8. The quantitative estimate of drug-likeness (QED) is 0.632. The Bertz CT molecular complexity index is 674. The van der Waals surface area contributed by atoms with Crippen molar-refractivity contribution in [1.29, 1.82) is 0 Å². The van der Waals surface area contributed by atoms with Crippen molar-refractivity contribution in [3.8, 4) is 5.75 Å². The SMILES string of the molecule is CC(C)c1ccc(OCC(=O)NCCSCc2cccc(Cl)c2)cc1. The normalized spacial score (nSPS) is 10.7. The van der Waals surface area contributed by atoms with E-state index in [1.807, 2.05) is 42.5 Å². The zero-order valence-corrected chi connectivity index (χ0v) is 16.2. The van der Waals surface area contributed by atoms with E-state index in [-0.39, 0.29) is 12.5 Å². The third-order valence-electron chi connectivity index (χ3n) is 3.64. The zero-order chi connectivity index (χ0) is 18.1. The Labute approximate surface area is 159 Å². The van der Waals surface area contributed by atoms with E-state index in [9.17, 15) is 4.79 Å². The van der Waals surface area contributed by atoms with Crippen LogP contribution in [0.3, 0.4) is 0 Å². The van der Waals surface area contributed by atoms with Crippen molar-refractivity contribution in [2.24, 2.45) is 0 Å². The summed E-state index contributed by atoms with van der Waals surface area (Å²) in [6.45, 7) is 4.96. The molecule has 1 N–H and O–H groups in total. The number of benzene rings is 2. The van der Waals surface area contributed by atoms with Gasteiger partial charge in [-0.2, -0.15) is 11.8 Å². The second kappa shape index (κ2) is 10.4. The minimum atomic E-state index is -0.101. The van der Waals surface area contributed by atoms with Gasteiger partial charge in [-0.25, -0.2) is 0 Å². The summed E-state index contributed by atoms with van der Waals surface area (Å²) in [7, 11) is 0. The molecule has 2 rings (SSSR count). The Hall–Kier alpha value is -1.65. The second-order valence-electron chi connectivity index (χ2n) is 6.04. The molecule has 2 aromatic rings. The molecule has 0 aliphatic rings. The molecule has 2 aromatic carbocycles. The molecule has 5 heteroatoms. The van der Waals surface area contributed by atoms with E-state index in [1.165, 1.54) is 11.1 Å². The minimum Gasteiger partial charge on any atom is -0.484 e. The van der Waals surface area contributed by atoms with Crippen molar-refractivity contribution in [3.05, 3.63) is 64.7 Å². The second-order valence-corrected chi connectivity index (χ2v) is 7.59.